The fourth-order valence-corrected chi connectivity index (χ4v) is 2.02. The number of aliphatic carboxylic acids is 1. The number of allylic oxidation sites excluding steroid dienone is 2. The van der Waals surface area contributed by atoms with Gasteiger partial charge in [-0.15, -0.1) is 0 Å². The van der Waals surface area contributed by atoms with Crippen LogP contribution < -0.4 is 0 Å². The maximum atomic E-state index is 10.5. The van der Waals surface area contributed by atoms with Crippen molar-refractivity contribution in [1.29, 1.82) is 0 Å². The lowest BCUT2D eigenvalue weighted by atomic mass is 9.94. The van der Waals surface area contributed by atoms with Crippen LogP contribution in [0.4, 0.5) is 0 Å². The molecule has 0 bridgehead atoms. The van der Waals surface area contributed by atoms with Gasteiger partial charge in [0.25, 0.3) is 0 Å². The molecule has 0 saturated heterocycles. The predicted octanol–water partition coefficient (Wildman–Crippen LogP) is 4.65. The summed E-state index contributed by atoms with van der Waals surface area (Å²) in [4.78, 5) is 10.5. The molecule has 0 aromatic heterocycles. The minimum atomic E-state index is -0.672. The van der Waals surface area contributed by atoms with Crippen molar-refractivity contribution >= 4 is 5.97 Å². The third kappa shape index (κ3) is 11.5. The zero-order chi connectivity index (χ0) is 13.3. The molecule has 100 valence electrons. The van der Waals surface area contributed by atoms with E-state index in [1.54, 1.807) is 0 Å². The second-order valence-electron chi connectivity index (χ2n) is 5.60. The van der Waals surface area contributed by atoms with Gasteiger partial charge in [-0.3, -0.25) is 4.79 Å². The Labute approximate surface area is 106 Å². The van der Waals surface area contributed by atoms with E-state index in [9.17, 15) is 4.79 Å². The van der Waals surface area contributed by atoms with Crippen LogP contribution in [0, 0.1) is 11.8 Å². The van der Waals surface area contributed by atoms with Crippen LogP contribution in [0.2, 0.25) is 0 Å². The normalized spacial score (nSPS) is 14.1. The molecule has 0 aliphatic heterocycles. The van der Waals surface area contributed by atoms with Gasteiger partial charge in [0.15, 0.2) is 0 Å². The van der Waals surface area contributed by atoms with Crippen molar-refractivity contribution in [3.8, 4) is 0 Å². The summed E-state index contributed by atoms with van der Waals surface area (Å²) in [5.41, 5.74) is 1.40. The molecular formula is C15H28O2. The van der Waals surface area contributed by atoms with E-state index in [1.165, 1.54) is 24.8 Å². The molecule has 0 spiro atoms. The van der Waals surface area contributed by atoms with E-state index in [-0.39, 0.29) is 0 Å². The summed E-state index contributed by atoms with van der Waals surface area (Å²) in [7, 11) is 0. The fourth-order valence-electron chi connectivity index (χ4n) is 2.02. The molecule has 0 aliphatic carbocycles. The average molecular weight is 240 g/mol. The number of hydrogen-bond acceptors (Lipinski definition) is 1. The van der Waals surface area contributed by atoms with Crippen LogP contribution in [0.5, 0.6) is 0 Å². The quantitative estimate of drug-likeness (QED) is 0.596. The molecular weight excluding hydrogens is 212 g/mol. The highest BCUT2D eigenvalue weighted by Gasteiger charge is 2.08. The first-order valence-electron chi connectivity index (χ1n) is 6.77. The van der Waals surface area contributed by atoms with Crippen molar-refractivity contribution in [1.82, 2.24) is 0 Å². The molecule has 1 N–H and O–H groups in total. The summed E-state index contributed by atoms with van der Waals surface area (Å²) in [5, 5.41) is 8.65. The van der Waals surface area contributed by atoms with Crippen LogP contribution in [0.3, 0.4) is 0 Å². The van der Waals surface area contributed by atoms with Crippen molar-refractivity contribution in [2.24, 2.45) is 11.8 Å². The van der Waals surface area contributed by atoms with Gasteiger partial charge < -0.3 is 5.11 Å². The van der Waals surface area contributed by atoms with E-state index in [4.69, 9.17) is 5.11 Å². The van der Waals surface area contributed by atoms with E-state index in [0.717, 1.165) is 18.8 Å². The maximum absolute atomic E-state index is 10.5. The van der Waals surface area contributed by atoms with Gasteiger partial charge in [0, 0.05) is 6.42 Å². The van der Waals surface area contributed by atoms with Crippen LogP contribution in [0.15, 0.2) is 11.6 Å². The standard InChI is InChI=1S/C15H28O2/c1-12(2)7-5-8-13(3)9-6-10-14(4)11-15(16)17/h7,13-14H,5-6,8-11H2,1-4H3,(H,16,17). The lowest BCUT2D eigenvalue weighted by molar-refractivity contribution is -0.138. The van der Waals surface area contributed by atoms with Gasteiger partial charge in [-0.1, -0.05) is 44.8 Å². The Morgan fingerprint density at radius 2 is 1.71 bits per heavy atom. The molecule has 2 unspecified atom stereocenters. The van der Waals surface area contributed by atoms with Gasteiger partial charge in [0.05, 0.1) is 0 Å². The zero-order valence-corrected chi connectivity index (χ0v) is 11.8. The Kier molecular flexibility index (Phi) is 8.83. The minimum Gasteiger partial charge on any atom is -0.481 e. The molecule has 2 atom stereocenters. The van der Waals surface area contributed by atoms with Crippen molar-refractivity contribution in [2.75, 3.05) is 0 Å². The van der Waals surface area contributed by atoms with Gasteiger partial charge in [0.2, 0.25) is 0 Å². The topological polar surface area (TPSA) is 37.3 Å². The highest BCUT2D eigenvalue weighted by Crippen LogP contribution is 2.18. The molecule has 0 fully saturated rings. The maximum Gasteiger partial charge on any atom is 0.303 e. The number of carboxylic acids is 1. The van der Waals surface area contributed by atoms with Crippen LogP contribution in [-0.2, 0) is 4.79 Å². The number of carboxylic acid groups (broad SMARTS) is 1. The summed E-state index contributed by atoms with van der Waals surface area (Å²) in [6, 6.07) is 0. The Bertz CT molecular complexity index is 239. The molecule has 0 heterocycles. The SMILES string of the molecule is CC(C)=CCCC(C)CCCC(C)CC(=O)O. The van der Waals surface area contributed by atoms with Gasteiger partial charge >= 0.3 is 5.97 Å². The Hall–Kier alpha value is -0.790. The van der Waals surface area contributed by atoms with Gasteiger partial charge in [-0.05, 0) is 38.5 Å². The third-order valence-electron chi connectivity index (χ3n) is 3.13. The summed E-state index contributed by atoms with van der Waals surface area (Å²) >= 11 is 0. The molecule has 2 heteroatoms. The highest BCUT2D eigenvalue weighted by atomic mass is 16.4. The second-order valence-corrected chi connectivity index (χ2v) is 5.60. The van der Waals surface area contributed by atoms with Gasteiger partial charge in [0.1, 0.15) is 0 Å². The molecule has 0 aromatic carbocycles. The van der Waals surface area contributed by atoms with Crippen molar-refractivity contribution < 1.29 is 9.90 Å². The first-order valence-corrected chi connectivity index (χ1v) is 6.77. The van der Waals surface area contributed by atoms with Crippen molar-refractivity contribution in [2.45, 2.75) is 66.2 Å². The van der Waals surface area contributed by atoms with E-state index in [2.05, 4.69) is 26.8 Å². The monoisotopic (exact) mass is 240 g/mol. The smallest absolute Gasteiger partial charge is 0.303 e. The molecule has 17 heavy (non-hydrogen) atoms. The van der Waals surface area contributed by atoms with E-state index >= 15 is 0 Å². The first kappa shape index (κ1) is 16.2. The average Bonchev–Trinajstić information content (AvgIpc) is 2.15. The number of rotatable bonds is 9. The molecule has 0 radical (unpaired) electrons. The Morgan fingerprint density at radius 3 is 2.24 bits per heavy atom. The predicted molar refractivity (Wildman–Crippen MR) is 73.1 cm³/mol. The summed E-state index contributed by atoms with van der Waals surface area (Å²) in [6.07, 6.45) is 8.45. The number of carbonyl (C=O) groups is 1. The van der Waals surface area contributed by atoms with E-state index < -0.39 is 5.97 Å². The van der Waals surface area contributed by atoms with Crippen LogP contribution >= 0.6 is 0 Å². The van der Waals surface area contributed by atoms with E-state index in [1.807, 2.05) is 6.92 Å². The third-order valence-corrected chi connectivity index (χ3v) is 3.13. The van der Waals surface area contributed by atoms with Gasteiger partial charge in [-0.25, -0.2) is 0 Å². The molecule has 0 aromatic rings. The molecule has 0 rings (SSSR count). The lowest BCUT2D eigenvalue weighted by Gasteiger charge is -2.12. The number of hydrogen-bond donors (Lipinski definition) is 1. The molecule has 0 saturated carbocycles. The van der Waals surface area contributed by atoms with Crippen molar-refractivity contribution in [3.63, 3.8) is 0 Å². The van der Waals surface area contributed by atoms with Gasteiger partial charge in [-0.2, -0.15) is 0 Å². The second kappa shape index (κ2) is 9.26. The first-order chi connectivity index (χ1) is 7.91. The fraction of sp³-hybridized carbons (Fsp3) is 0.800. The Morgan fingerprint density at radius 1 is 1.12 bits per heavy atom. The zero-order valence-electron chi connectivity index (χ0n) is 11.8. The van der Waals surface area contributed by atoms with Crippen LogP contribution in [0.25, 0.3) is 0 Å². The van der Waals surface area contributed by atoms with Crippen LogP contribution in [0.1, 0.15) is 66.2 Å². The van der Waals surface area contributed by atoms with Crippen LogP contribution in [-0.4, -0.2) is 11.1 Å². The largest absolute Gasteiger partial charge is 0.481 e. The summed E-state index contributed by atoms with van der Waals surface area (Å²) in [5.74, 6) is 0.397. The minimum absolute atomic E-state index is 0.312. The molecule has 0 amide bonds. The highest BCUT2D eigenvalue weighted by molar-refractivity contribution is 5.66. The summed E-state index contributed by atoms with van der Waals surface area (Å²) in [6.45, 7) is 8.60. The molecule has 2 nitrogen and oxygen atoms in total. The Balaban J connectivity index is 3.53. The summed E-state index contributed by atoms with van der Waals surface area (Å²) < 4.78 is 0. The van der Waals surface area contributed by atoms with Crippen molar-refractivity contribution in [3.05, 3.63) is 11.6 Å². The van der Waals surface area contributed by atoms with E-state index in [0.29, 0.717) is 12.3 Å². The lowest BCUT2D eigenvalue weighted by Crippen LogP contribution is -2.05. The molecule has 0 aliphatic rings.